The molecular weight excluding hydrogens is 506 g/mol. The Morgan fingerprint density at radius 3 is 2.70 bits per heavy atom. The highest BCUT2D eigenvalue weighted by Crippen LogP contribution is 2.46. The number of hydrogen-bond donors (Lipinski definition) is 2. The molecule has 9 heteroatoms. The fourth-order valence-corrected chi connectivity index (χ4v) is 5.85. The minimum atomic E-state index is -1.00. The molecule has 2 N–H and O–H groups in total. The first-order valence-corrected chi connectivity index (χ1v) is 13.5. The van der Waals surface area contributed by atoms with Crippen molar-refractivity contribution < 1.29 is 19.1 Å². The number of nitriles is 1. The number of aromatic amines is 1. The number of nitrogens with one attached hydrogen (secondary N) is 2. The van der Waals surface area contributed by atoms with E-state index in [4.69, 9.17) is 4.74 Å². The number of anilines is 1. The molecule has 1 aromatic heterocycles. The van der Waals surface area contributed by atoms with Crippen LogP contribution in [0.25, 0.3) is 10.9 Å². The number of para-hydroxylation sites is 1. The van der Waals surface area contributed by atoms with Crippen molar-refractivity contribution >= 4 is 34.3 Å². The SMILES string of the molecule is CC(C)=C[C@@H](C(=O)N1C[C@]2(C[C@H]1C#N)C(=O)Nc1ccccc12)N(C)C(=O)c1cc2c(OC3CC3)cccc2[nH]1. The van der Waals surface area contributed by atoms with E-state index in [1.807, 2.05) is 56.3 Å². The fourth-order valence-electron chi connectivity index (χ4n) is 5.85. The maximum absolute atomic E-state index is 14.1. The number of likely N-dealkylation sites (N-methyl/N-ethyl adjacent to an activating group) is 1. The lowest BCUT2D eigenvalue weighted by molar-refractivity contribution is -0.134. The van der Waals surface area contributed by atoms with Crippen LogP contribution in [0.4, 0.5) is 5.69 Å². The van der Waals surface area contributed by atoms with E-state index in [1.165, 1.54) is 9.80 Å². The monoisotopic (exact) mass is 537 g/mol. The second-order valence-corrected chi connectivity index (χ2v) is 11.2. The van der Waals surface area contributed by atoms with Crippen LogP contribution in [0.15, 0.2) is 60.2 Å². The molecule has 40 heavy (non-hydrogen) atoms. The van der Waals surface area contributed by atoms with E-state index >= 15 is 0 Å². The number of aromatic nitrogens is 1. The average Bonchev–Trinajstić information content (AvgIpc) is 3.40. The van der Waals surface area contributed by atoms with Crippen LogP contribution < -0.4 is 10.1 Å². The lowest BCUT2D eigenvalue weighted by Crippen LogP contribution is -2.50. The van der Waals surface area contributed by atoms with Gasteiger partial charge in [-0.05, 0) is 56.5 Å². The quantitative estimate of drug-likeness (QED) is 0.459. The van der Waals surface area contributed by atoms with Crippen molar-refractivity contribution in [2.75, 3.05) is 18.9 Å². The Bertz CT molecular complexity index is 1610. The van der Waals surface area contributed by atoms with Gasteiger partial charge in [-0.25, -0.2) is 0 Å². The van der Waals surface area contributed by atoms with Crippen LogP contribution in [0.3, 0.4) is 0 Å². The van der Waals surface area contributed by atoms with Crippen LogP contribution >= 0.6 is 0 Å². The zero-order chi connectivity index (χ0) is 28.2. The van der Waals surface area contributed by atoms with Gasteiger partial charge < -0.3 is 24.8 Å². The number of carbonyl (C=O) groups is 3. The van der Waals surface area contributed by atoms with Crippen molar-refractivity contribution in [1.29, 1.82) is 5.26 Å². The number of likely N-dealkylation sites (tertiary alicyclic amines) is 1. The van der Waals surface area contributed by atoms with Gasteiger partial charge in [0.2, 0.25) is 5.91 Å². The van der Waals surface area contributed by atoms with Gasteiger partial charge in [0, 0.05) is 36.6 Å². The third-order valence-electron chi connectivity index (χ3n) is 8.07. The van der Waals surface area contributed by atoms with Crippen LogP contribution in [-0.4, -0.2) is 64.3 Å². The lowest BCUT2D eigenvalue weighted by Gasteiger charge is -2.31. The van der Waals surface area contributed by atoms with Crippen molar-refractivity contribution in [3.05, 3.63) is 71.4 Å². The third-order valence-corrected chi connectivity index (χ3v) is 8.07. The molecule has 2 aromatic carbocycles. The minimum Gasteiger partial charge on any atom is -0.490 e. The highest BCUT2D eigenvalue weighted by Gasteiger charge is 2.56. The number of ether oxygens (including phenoxy) is 1. The van der Waals surface area contributed by atoms with Crippen LogP contribution in [0.1, 0.15) is 49.2 Å². The molecule has 0 bridgehead atoms. The second kappa shape index (κ2) is 9.56. The highest BCUT2D eigenvalue weighted by atomic mass is 16.5. The van der Waals surface area contributed by atoms with Gasteiger partial charge >= 0.3 is 0 Å². The summed E-state index contributed by atoms with van der Waals surface area (Å²) < 4.78 is 6.02. The van der Waals surface area contributed by atoms with Crippen LogP contribution in [0, 0.1) is 11.3 Å². The van der Waals surface area contributed by atoms with Gasteiger partial charge in [0.15, 0.2) is 0 Å². The molecule has 1 spiro atoms. The van der Waals surface area contributed by atoms with Gasteiger partial charge in [0.05, 0.1) is 17.6 Å². The van der Waals surface area contributed by atoms with Crippen molar-refractivity contribution in [3.63, 3.8) is 0 Å². The van der Waals surface area contributed by atoms with E-state index in [-0.39, 0.29) is 30.9 Å². The number of allylic oxidation sites excluding steroid dienone is 1. The third kappa shape index (κ3) is 4.20. The fraction of sp³-hybridized carbons (Fsp3) is 0.355. The van der Waals surface area contributed by atoms with Gasteiger partial charge in [-0.2, -0.15) is 5.26 Å². The van der Waals surface area contributed by atoms with Crippen LogP contribution in [0.5, 0.6) is 5.75 Å². The summed E-state index contributed by atoms with van der Waals surface area (Å²) in [6, 6.07) is 15.3. The van der Waals surface area contributed by atoms with E-state index in [0.29, 0.717) is 11.4 Å². The first-order chi connectivity index (χ1) is 19.2. The Balaban J connectivity index is 1.30. The van der Waals surface area contributed by atoms with Gasteiger partial charge in [0.1, 0.15) is 23.5 Å². The van der Waals surface area contributed by atoms with Gasteiger partial charge in [-0.1, -0.05) is 35.9 Å². The van der Waals surface area contributed by atoms with Crippen LogP contribution in [-0.2, 0) is 15.0 Å². The number of nitrogens with zero attached hydrogens (tertiary/aromatic N) is 3. The summed E-state index contributed by atoms with van der Waals surface area (Å²) >= 11 is 0. The maximum atomic E-state index is 14.1. The van der Waals surface area contributed by atoms with Gasteiger partial charge in [-0.3, -0.25) is 14.4 Å². The maximum Gasteiger partial charge on any atom is 0.270 e. The number of carbonyl (C=O) groups excluding carboxylic acids is 3. The molecule has 1 saturated heterocycles. The number of benzene rings is 2. The van der Waals surface area contributed by atoms with Crippen LogP contribution in [0.2, 0.25) is 0 Å². The highest BCUT2D eigenvalue weighted by molar-refractivity contribution is 6.08. The Morgan fingerprint density at radius 2 is 1.98 bits per heavy atom. The Morgan fingerprint density at radius 1 is 1.20 bits per heavy atom. The molecule has 3 aliphatic rings. The standard InChI is InChI=1S/C31H31N5O4/c1-18(2)13-26(35(3)28(37)25-14-21-23(33-25)9-6-10-27(21)40-20-11-12-20)29(38)36-17-31(15-19(36)16-32)22-7-4-5-8-24(22)34-30(31)39/h4-10,13-14,19-20,26,33H,11-12,15,17H2,1-3H3,(H,34,39)/t19-,26-,31-/m0/s1. The topological polar surface area (TPSA) is 119 Å². The van der Waals surface area contributed by atoms with E-state index in [0.717, 1.165) is 40.6 Å². The summed E-state index contributed by atoms with van der Waals surface area (Å²) in [6.07, 6.45) is 4.19. The first kappa shape index (κ1) is 25.7. The molecule has 1 aliphatic carbocycles. The normalized spacial score (nSPS) is 22.0. The Labute approximate surface area is 232 Å². The molecule has 2 fully saturated rings. The minimum absolute atomic E-state index is 0.0658. The summed E-state index contributed by atoms with van der Waals surface area (Å²) in [4.78, 5) is 47.1. The average molecular weight is 538 g/mol. The number of hydrogen-bond acceptors (Lipinski definition) is 5. The lowest BCUT2D eigenvalue weighted by atomic mass is 9.80. The smallest absolute Gasteiger partial charge is 0.270 e. The Kier molecular flexibility index (Phi) is 6.14. The summed E-state index contributed by atoms with van der Waals surface area (Å²) in [6.45, 7) is 3.78. The molecular formula is C31H31N5O4. The predicted molar refractivity (Wildman–Crippen MR) is 150 cm³/mol. The van der Waals surface area contributed by atoms with E-state index in [1.54, 1.807) is 19.2 Å². The summed E-state index contributed by atoms with van der Waals surface area (Å²) in [5.74, 6) is -0.249. The molecule has 0 radical (unpaired) electrons. The molecule has 0 unspecified atom stereocenters. The number of H-pyrrole nitrogens is 1. The van der Waals surface area contributed by atoms with Gasteiger partial charge in [0.25, 0.3) is 11.8 Å². The molecule has 3 atom stereocenters. The van der Waals surface area contributed by atoms with E-state index in [9.17, 15) is 19.6 Å². The number of amides is 3. The molecule has 6 rings (SSSR count). The van der Waals surface area contributed by atoms with Crippen molar-refractivity contribution in [3.8, 4) is 11.8 Å². The molecule has 9 nitrogen and oxygen atoms in total. The van der Waals surface area contributed by atoms with Crippen molar-refractivity contribution in [2.45, 2.75) is 56.7 Å². The summed E-state index contributed by atoms with van der Waals surface area (Å²) in [5.41, 5.74) is 2.46. The molecule has 3 aromatic rings. The van der Waals surface area contributed by atoms with Gasteiger partial charge in [-0.15, -0.1) is 0 Å². The molecule has 1 saturated carbocycles. The van der Waals surface area contributed by atoms with Crippen molar-refractivity contribution in [1.82, 2.24) is 14.8 Å². The molecule has 3 heterocycles. The zero-order valence-electron chi connectivity index (χ0n) is 22.7. The Hall–Kier alpha value is -4.58. The second-order valence-electron chi connectivity index (χ2n) is 11.2. The van der Waals surface area contributed by atoms with E-state index < -0.39 is 23.4 Å². The largest absolute Gasteiger partial charge is 0.490 e. The molecule has 2 aliphatic heterocycles. The van der Waals surface area contributed by atoms with E-state index in [2.05, 4.69) is 16.4 Å². The number of rotatable bonds is 6. The number of fused-ring (bicyclic) bond motifs is 3. The predicted octanol–water partition coefficient (Wildman–Crippen LogP) is 4.13. The first-order valence-electron chi connectivity index (χ1n) is 13.5. The summed E-state index contributed by atoms with van der Waals surface area (Å²) in [5, 5.41) is 13.8. The summed E-state index contributed by atoms with van der Waals surface area (Å²) in [7, 11) is 1.59. The molecule has 204 valence electrons. The zero-order valence-corrected chi connectivity index (χ0v) is 22.7. The van der Waals surface area contributed by atoms with Crippen molar-refractivity contribution in [2.24, 2.45) is 0 Å². The molecule has 3 amide bonds.